The van der Waals surface area contributed by atoms with Crippen molar-refractivity contribution in [1.82, 2.24) is 10.2 Å². The van der Waals surface area contributed by atoms with Crippen LogP contribution in [0.1, 0.15) is 20.8 Å². The molecule has 0 aromatic heterocycles. The fourth-order valence-electron chi connectivity index (χ4n) is 1.27. The SMILES string of the molecule is CCN(CC)[C@@H](C)CNC. The minimum Gasteiger partial charge on any atom is -0.318 e. The van der Waals surface area contributed by atoms with Crippen LogP contribution in [0.2, 0.25) is 0 Å². The van der Waals surface area contributed by atoms with Crippen LogP contribution in [0.3, 0.4) is 0 Å². The second kappa shape index (κ2) is 5.69. The number of hydrogen-bond acceptors (Lipinski definition) is 2. The van der Waals surface area contributed by atoms with Gasteiger partial charge in [-0.15, -0.1) is 0 Å². The zero-order valence-electron chi connectivity index (χ0n) is 7.65. The molecule has 0 aliphatic heterocycles. The molecular weight excluding hydrogens is 124 g/mol. The predicted octanol–water partition coefficient (Wildman–Crippen LogP) is 0.936. The Balaban J connectivity index is 3.53. The third-order valence-electron chi connectivity index (χ3n) is 1.94. The highest BCUT2D eigenvalue weighted by molar-refractivity contribution is 4.65. The molecule has 0 radical (unpaired) electrons. The van der Waals surface area contributed by atoms with E-state index < -0.39 is 0 Å². The average molecular weight is 144 g/mol. The molecular formula is C8H20N2. The summed E-state index contributed by atoms with van der Waals surface area (Å²) in [6.45, 7) is 10.1. The second-order valence-corrected chi connectivity index (χ2v) is 2.63. The second-order valence-electron chi connectivity index (χ2n) is 2.63. The van der Waals surface area contributed by atoms with Crippen molar-refractivity contribution in [2.75, 3.05) is 26.7 Å². The van der Waals surface area contributed by atoms with Gasteiger partial charge < -0.3 is 5.32 Å². The Morgan fingerprint density at radius 1 is 1.30 bits per heavy atom. The maximum atomic E-state index is 3.17. The van der Waals surface area contributed by atoms with E-state index in [0.717, 1.165) is 19.6 Å². The van der Waals surface area contributed by atoms with Gasteiger partial charge in [0, 0.05) is 12.6 Å². The Morgan fingerprint density at radius 3 is 2.10 bits per heavy atom. The van der Waals surface area contributed by atoms with Crippen molar-refractivity contribution < 1.29 is 0 Å². The third-order valence-corrected chi connectivity index (χ3v) is 1.94. The van der Waals surface area contributed by atoms with E-state index in [9.17, 15) is 0 Å². The van der Waals surface area contributed by atoms with Crippen LogP contribution >= 0.6 is 0 Å². The minimum atomic E-state index is 0.667. The van der Waals surface area contributed by atoms with E-state index in [-0.39, 0.29) is 0 Å². The Labute approximate surface area is 64.6 Å². The molecule has 2 nitrogen and oxygen atoms in total. The van der Waals surface area contributed by atoms with Crippen LogP contribution in [0.15, 0.2) is 0 Å². The maximum absolute atomic E-state index is 3.17. The molecule has 1 atom stereocenters. The van der Waals surface area contributed by atoms with Crippen molar-refractivity contribution in [2.45, 2.75) is 26.8 Å². The molecule has 1 N–H and O–H groups in total. The molecule has 0 bridgehead atoms. The average Bonchev–Trinajstić information content (AvgIpc) is 1.91. The van der Waals surface area contributed by atoms with Gasteiger partial charge in [-0.1, -0.05) is 13.8 Å². The van der Waals surface area contributed by atoms with Crippen LogP contribution in [0.5, 0.6) is 0 Å². The van der Waals surface area contributed by atoms with E-state index in [1.165, 1.54) is 0 Å². The number of rotatable bonds is 5. The predicted molar refractivity (Wildman–Crippen MR) is 46.3 cm³/mol. The van der Waals surface area contributed by atoms with Crippen molar-refractivity contribution in [1.29, 1.82) is 0 Å². The summed E-state index contributed by atoms with van der Waals surface area (Å²) in [5.74, 6) is 0. The van der Waals surface area contributed by atoms with Crippen LogP contribution < -0.4 is 5.32 Å². The molecule has 0 fully saturated rings. The van der Waals surface area contributed by atoms with Gasteiger partial charge in [-0.25, -0.2) is 0 Å². The van der Waals surface area contributed by atoms with Crippen LogP contribution in [-0.2, 0) is 0 Å². The lowest BCUT2D eigenvalue weighted by molar-refractivity contribution is 0.229. The summed E-state index contributed by atoms with van der Waals surface area (Å²) >= 11 is 0. The van der Waals surface area contributed by atoms with Gasteiger partial charge in [-0.05, 0) is 27.1 Å². The van der Waals surface area contributed by atoms with E-state index in [4.69, 9.17) is 0 Å². The topological polar surface area (TPSA) is 15.3 Å². The number of nitrogens with zero attached hydrogens (tertiary/aromatic N) is 1. The molecule has 0 amide bonds. The summed E-state index contributed by atoms with van der Waals surface area (Å²) in [5, 5.41) is 3.17. The Bertz CT molecular complexity index is 69.7. The maximum Gasteiger partial charge on any atom is 0.0192 e. The molecule has 0 aliphatic rings. The quantitative estimate of drug-likeness (QED) is 0.617. The summed E-state index contributed by atoms with van der Waals surface area (Å²) < 4.78 is 0. The monoisotopic (exact) mass is 144 g/mol. The fourth-order valence-corrected chi connectivity index (χ4v) is 1.27. The van der Waals surface area contributed by atoms with Gasteiger partial charge in [0.1, 0.15) is 0 Å². The lowest BCUT2D eigenvalue weighted by Gasteiger charge is -2.25. The van der Waals surface area contributed by atoms with E-state index in [1.54, 1.807) is 0 Å². The van der Waals surface area contributed by atoms with Gasteiger partial charge in [0.05, 0.1) is 0 Å². The molecule has 0 spiro atoms. The molecule has 0 aliphatic carbocycles. The number of likely N-dealkylation sites (N-methyl/N-ethyl adjacent to an activating group) is 2. The van der Waals surface area contributed by atoms with Crippen molar-refractivity contribution in [3.05, 3.63) is 0 Å². The lowest BCUT2D eigenvalue weighted by Crippen LogP contribution is -2.39. The number of hydrogen-bond donors (Lipinski definition) is 1. The van der Waals surface area contributed by atoms with Gasteiger partial charge in [-0.2, -0.15) is 0 Å². The summed E-state index contributed by atoms with van der Waals surface area (Å²) in [7, 11) is 2.00. The smallest absolute Gasteiger partial charge is 0.0192 e. The van der Waals surface area contributed by atoms with E-state index in [2.05, 4.69) is 31.0 Å². The Kier molecular flexibility index (Phi) is 5.64. The molecule has 0 heterocycles. The van der Waals surface area contributed by atoms with E-state index >= 15 is 0 Å². The molecule has 0 saturated carbocycles. The normalized spacial score (nSPS) is 14.1. The highest BCUT2D eigenvalue weighted by atomic mass is 15.2. The number of nitrogens with one attached hydrogen (secondary N) is 1. The fraction of sp³-hybridized carbons (Fsp3) is 1.00. The third kappa shape index (κ3) is 3.18. The van der Waals surface area contributed by atoms with Crippen LogP contribution in [0.4, 0.5) is 0 Å². The molecule has 0 rings (SSSR count). The van der Waals surface area contributed by atoms with Gasteiger partial charge in [-0.3, -0.25) is 4.90 Å². The standard InChI is InChI=1S/C8H20N2/c1-5-10(6-2)8(3)7-9-4/h8-9H,5-7H2,1-4H3/t8-/m0/s1. The highest BCUT2D eigenvalue weighted by Gasteiger charge is 2.06. The first-order chi connectivity index (χ1) is 4.76. The highest BCUT2D eigenvalue weighted by Crippen LogP contribution is 1.95. The van der Waals surface area contributed by atoms with Crippen molar-refractivity contribution >= 4 is 0 Å². The molecule has 10 heavy (non-hydrogen) atoms. The lowest BCUT2D eigenvalue weighted by atomic mass is 10.3. The molecule has 0 unspecified atom stereocenters. The first kappa shape index (κ1) is 9.92. The van der Waals surface area contributed by atoms with Crippen LogP contribution in [0.25, 0.3) is 0 Å². The zero-order chi connectivity index (χ0) is 7.98. The molecule has 0 aromatic carbocycles. The summed E-state index contributed by atoms with van der Waals surface area (Å²) in [5.41, 5.74) is 0. The van der Waals surface area contributed by atoms with Gasteiger partial charge in [0.15, 0.2) is 0 Å². The van der Waals surface area contributed by atoms with E-state index in [1.807, 2.05) is 7.05 Å². The van der Waals surface area contributed by atoms with Gasteiger partial charge in [0.25, 0.3) is 0 Å². The summed E-state index contributed by atoms with van der Waals surface area (Å²) in [6.07, 6.45) is 0. The first-order valence-electron chi connectivity index (χ1n) is 4.14. The minimum absolute atomic E-state index is 0.667. The van der Waals surface area contributed by atoms with Crippen LogP contribution in [-0.4, -0.2) is 37.6 Å². The van der Waals surface area contributed by atoms with Crippen molar-refractivity contribution in [2.24, 2.45) is 0 Å². The largest absolute Gasteiger partial charge is 0.318 e. The van der Waals surface area contributed by atoms with Crippen molar-refractivity contribution in [3.63, 3.8) is 0 Å². The molecule has 2 heteroatoms. The molecule has 0 saturated heterocycles. The Morgan fingerprint density at radius 2 is 1.80 bits per heavy atom. The Hall–Kier alpha value is -0.0800. The van der Waals surface area contributed by atoms with Gasteiger partial charge >= 0.3 is 0 Å². The molecule has 0 aromatic rings. The van der Waals surface area contributed by atoms with Crippen molar-refractivity contribution in [3.8, 4) is 0 Å². The van der Waals surface area contributed by atoms with E-state index in [0.29, 0.717) is 6.04 Å². The molecule has 62 valence electrons. The summed E-state index contributed by atoms with van der Waals surface area (Å²) in [6, 6.07) is 0.667. The first-order valence-corrected chi connectivity index (χ1v) is 4.14. The van der Waals surface area contributed by atoms with Gasteiger partial charge in [0.2, 0.25) is 0 Å². The van der Waals surface area contributed by atoms with Crippen LogP contribution in [0, 0.1) is 0 Å². The zero-order valence-corrected chi connectivity index (χ0v) is 7.65. The summed E-state index contributed by atoms with van der Waals surface area (Å²) in [4.78, 5) is 2.44.